The van der Waals surface area contributed by atoms with Gasteiger partial charge in [0, 0.05) is 17.6 Å². The van der Waals surface area contributed by atoms with Crippen molar-refractivity contribution in [2.45, 2.75) is 77.5 Å². The molecular weight excluding hydrogens is 324 g/mol. The van der Waals surface area contributed by atoms with Crippen LogP contribution in [0.15, 0.2) is 23.8 Å². The lowest BCUT2D eigenvalue weighted by atomic mass is 9.86. The molecule has 0 saturated carbocycles. The van der Waals surface area contributed by atoms with Crippen LogP contribution in [0.1, 0.15) is 47.0 Å². The molecule has 1 N–H and O–H groups in total. The molecule has 6 heteroatoms. The maximum absolute atomic E-state index is 12.1. The molecule has 0 aromatic heterocycles. The molecule has 25 heavy (non-hydrogen) atoms. The Balaban J connectivity index is 1.97. The van der Waals surface area contributed by atoms with Crippen LogP contribution in [0.5, 0.6) is 0 Å². The summed E-state index contributed by atoms with van der Waals surface area (Å²) in [5.74, 6) is -1.09. The van der Waals surface area contributed by atoms with Gasteiger partial charge in [-0.05, 0) is 32.4 Å². The number of aliphatic hydroxyl groups is 1. The predicted molar refractivity (Wildman–Crippen MR) is 91.7 cm³/mol. The van der Waals surface area contributed by atoms with Gasteiger partial charge in [-0.3, -0.25) is 0 Å². The maximum atomic E-state index is 12.1. The standard InChI is InChI=1S/C19H28O6/c1-5-6-7-14(20)8-9-16(21)24-17-12(3)18-15(23-13(17)4)10-11(2)19(22)25-18/h8-10,12-15,17-18,20H,5-7H2,1-4H3/b9-8+/t12-,13+,14+,15-,17-,18+/m1/s1. The van der Waals surface area contributed by atoms with Crippen LogP contribution in [0.4, 0.5) is 0 Å². The first-order valence-electron chi connectivity index (χ1n) is 8.95. The Hall–Kier alpha value is -1.66. The molecule has 2 heterocycles. The highest BCUT2D eigenvalue weighted by molar-refractivity contribution is 5.89. The maximum Gasteiger partial charge on any atom is 0.333 e. The van der Waals surface area contributed by atoms with E-state index >= 15 is 0 Å². The van der Waals surface area contributed by atoms with Gasteiger partial charge in [0.25, 0.3) is 0 Å². The largest absolute Gasteiger partial charge is 0.456 e. The van der Waals surface area contributed by atoms with Crippen LogP contribution >= 0.6 is 0 Å². The number of esters is 2. The van der Waals surface area contributed by atoms with E-state index in [4.69, 9.17) is 14.2 Å². The second-order valence-electron chi connectivity index (χ2n) is 6.85. The normalized spacial score (nSPS) is 33.4. The second-order valence-corrected chi connectivity index (χ2v) is 6.85. The fraction of sp³-hybridized carbons (Fsp3) is 0.684. The lowest BCUT2D eigenvalue weighted by Gasteiger charge is -2.44. The lowest BCUT2D eigenvalue weighted by Crippen LogP contribution is -2.55. The third-order valence-electron chi connectivity index (χ3n) is 4.73. The first-order chi connectivity index (χ1) is 11.8. The molecule has 6 nitrogen and oxygen atoms in total. The highest BCUT2D eigenvalue weighted by Gasteiger charge is 2.47. The molecule has 2 aliphatic heterocycles. The molecule has 1 fully saturated rings. The smallest absolute Gasteiger partial charge is 0.333 e. The van der Waals surface area contributed by atoms with Crippen molar-refractivity contribution in [2.75, 3.05) is 0 Å². The van der Waals surface area contributed by atoms with Gasteiger partial charge in [-0.2, -0.15) is 0 Å². The Labute approximate surface area is 148 Å². The van der Waals surface area contributed by atoms with Crippen molar-refractivity contribution in [2.24, 2.45) is 5.92 Å². The average molecular weight is 352 g/mol. The Morgan fingerprint density at radius 2 is 2.16 bits per heavy atom. The summed E-state index contributed by atoms with van der Waals surface area (Å²) in [6.45, 7) is 7.46. The minimum Gasteiger partial charge on any atom is -0.456 e. The van der Waals surface area contributed by atoms with Crippen molar-refractivity contribution in [3.05, 3.63) is 23.8 Å². The van der Waals surface area contributed by atoms with Crippen molar-refractivity contribution in [3.63, 3.8) is 0 Å². The van der Waals surface area contributed by atoms with Crippen LogP contribution in [0.3, 0.4) is 0 Å². The number of carbonyl (C=O) groups excluding carboxylic acids is 2. The Morgan fingerprint density at radius 1 is 1.44 bits per heavy atom. The van der Waals surface area contributed by atoms with Gasteiger partial charge in [0.15, 0.2) is 0 Å². The molecule has 0 aromatic carbocycles. The molecule has 0 spiro atoms. The summed E-state index contributed by atoms with van der Waals surface area (Å²) in [5, 5.41) is 9.76. The predicted octanol–water partition coefficient (Wildman–Crippen LogP) is 2.30. The molecular formula is C19H28O6. The summed E-state index contributed by atoms with van der Waals surface area (Å²) in [4.78, 5) is 23.8. The molecule has 2 rings (SSSR count). The minimum absolute atomic E-state index is 0.190. The van der Waals surface area contributed by atoms with Crippen LogP contribution < -0.4 is 0 Å². The zero-order chi connectivity index (χ0) is 18.6. The zero-order valence-electron chi connectivity index (χ0n) is 15.3. The summed E-state index contributed by atoms with van der Waals surface area (Å²) in [5.41, 5.74) is 0.528. The van der Waals surface area contributed by atoms with Crippen LogP contribution in [0.25, 0.3) is 0 Å². The number of rotatable bonds is 6. The fourth-order valence-corrected chi connectivity index (χ4v) is 3.23. The van der Waals surface area contributed by atoms with Gasteiger partial charge < -0.3 is 19.3 Å². The zero-order valence-corrected chi connectivity index (χ0v) is 15.3. The van der Waals surface area contributed by atoms with E-state index in [0.29, 0.717) is 12.0 Å². The van der Waals surface area contributed by atoms with Crippen LogP contribution in [-0.4, -0.2) is 47.6 Å². The Bertz CT molecular complexity index is 552. The second kappa shape index (κ2) is 8.63. The molecule has 0 bridgehead atoms. The molecule has 0 aromatic rings. The van der Waals surface area contributed by atoms with E-state index in [1.165, 1.54) is 12.2 Å². The number of fused-ring (bicyclic) bond motifs is 1. The number of aliphatic hydroxyl groups excluding tert-OH is 1. The fourth-order valence-electron chi connectivity index (χ4n) is 3.23. The van der Waals surface area contributed by atoms with Gasteiger partial charge in [-0.1, -0.05) is 26.7 Å². The Morgan fingerprint density at radius 3 is 2.84 bits per heavy atom. The monoisotopic (exact) mass is 352 g/mol. The number of hydrogen-bond acceptors (Lipinski definition) is 6. The SMILES string of the molecule is CCCC[C@H](O)/C=C/C(=O)O[C@@H]1[C@@H](C)[C@@H]2OC(=O)C(C)=C[C@H]2O[C@H]1C. The van der Waals surface area contributed by atoms with Crippen molar-refractivity contribution in [1.82, 2.24) is 0 Å². The van der Waals surface area contributed by atoms with Gasteiger partial charge in [0.05, 0.1) is 12.2 Å². The first kappa shape index (κ1) is 19.7. The third kappa shape index (κ3) is 4.92. The molecule has 0 amide bonds. The summed E-state index contributed by atoms with van der Waals surface area (Å²) in [7, 11) is 0. The topological polar surface area (TPSA) is 82.1 Å². The van der Waals surface area contributed by atoms with Gasteiger partial charge in [0.1, 0.15) is 18.3 Å². The molecule has 2 aliphatic rings. The van der Waals surface area contributed by atoms with Crippen molar-refractivity contribution < 1.29 is 28.9 Å². The third-order valence-corrected chi connectivity index (χ3v) is 4.73. The molecule has 140 valence electrons. The summed E-state index contributed by atoms with van der Waals surface area (Å²) < 4.78 is 16.8. The van der Waals surface area contributed by atoms with Gasteiger partial charge in [-0.25, -0.2) is 9.59 Å². The quantitative estimate of drug-likeness (QED) is 0.583. The van der Waals surface area contributed by atoms with Crippen LogP contribution in [0, 0.1) is 5.92 Å². The summed E-state index contributed by atoms with van der Waals surface area (Å²) in [6.07, 6.45) is 4.69. The Kier molecular flexibility index (Phi) is 6.79. The van der Waals surface area contributed by atoms with E-state index in [1.54, 1.807) is 13.0 Å². The van der Waals surface area contributed by atoms with E-state index in [9.17, 15) is 14.7 Å². The molecule has 6 atom stereocenters. The lowest BCUT2D eigenvalue weighted by molar-refractivity contribution is -0.210. The highest BCUT2D eigenvalue weighted by atomic mass is 16.6. The molecule has 1 saturated heterocycles. The van der Waals surface area contributed by atoms with Crippen molar-refractivity contribution in [1.29, 1.82) is 0 Å². The van der Waals surface area contributed by atoms with Gasteiger partial charge >= 0.3 is 11.9 Å². The number of hydrogen-bond donors (Lipinski definition) is 1. The van der Waals surface area contributed by atoms with E-state index in [-0.39, 0.29) is 24.1 Å². The van der Waals surface area contributed by atoms with Gasteiger partial charge in [-0.15, -0.1) is 0 Å². The van der Waals surface area contributed by atoms with Gasteiger partial charge in [0.2, 0.25) is 0 Å². The minimum atomic E-state index is -0.651. The van der Waals surface area contributed by atoms with E-state index in [1.807, 2.05) is 20.8 Å². The number of unbranched alkanes of at least 4 members (excludes halogenated alkanes) is 1. The van der Waals surface area contributed by atoms with Crippen molar-refractivity contribution >= 4 is 11.9 Å². The molecule has 0 unspecified atom stereocenters. The summed E-state index contributed by atoms with van der Waals surface area (Å²) >= 11 is 0. The molecule has 0 radical (unpaired) electrons. The average Bonchev–Trinajstić information content (AvgIpc) is 2.57. The van der Waals surface area contributed by atoms with Crippen LogP contribution in [0.2, 0.25) is 0 Å². The van der Waals surface area contributed by atoms with E-state index < -0.39 is 24.3 Å². The molecule has 0 aliphatic carbocycles. The van der Waals surface area contributed by atoms with E-state index in [0.717, 1.165) is 12.8 Å². The van der Waals surface area contributed by atoms with Crippen LogP contribution in [-0.2, 0) is 23.8 Å². The van der Waals surface area contributed by atoms with E-state index in [2.05, 4.69) is 0 Å². The highest BCUT2D eigenvalue weighted by Crippen LogP contribution is 2.34. The van der Waals surface area contributed by atoms with Crippen molar-refractivity contribution in [3.8, 4) is 0 Å². The number of carbonyl (C=O) groups is 2. The summed E-state index contributed by atoms with van der Waals surface area (Å²) in [6, 6.07) is 0. The first-order valence-corrected chi connectivity index (χ1v) is 8.95. The number of ether oxygens (including phenoxy) is 3.